The van der Waals surface area contributed by atoms with Crippen molar-refractivity contribution in [3.05, 3.63) is 52.0 Å². The summed E-state index contributed by atoms with van der Waals surface area (Å²) in [6, 6.07) is 6.62. The Morgan fingerprint density at radius 1 is 1.29 bits per heavy atom. The SMILES string of the molecule is CCCNC(c1cc(C)ccc1Br)c1nccn1CCC. The van der Waals surface area contributed by atoms with Crippen molar-refractivity contribution >= 4 is 15.9 Å². The Morgan fingerprint density at radius 3 is 2.81 bits per heavy atom. The van der Waals surface area contributed by atoms with E-state index in [4.69, 9.17) is 0 Å². The van der Waals surface area contributed by atoms with Gasteiger partial charge in [-0.25, -0.2) is 4.98 Å². The summed E-state index contributed by atoms with van der Waals surface area (Å²) in [4.78, 5) is 4.61. The second-order valence-corrected chi connectivity index (χ2v) is 6.25. The highest BCUT2D eigenvalue weighted by Crippen LogP contribution is 2.29. The summed E-state index contributed by atoms with van der Waals surface area (Å²) in [5.74, 6) is 1.09. The number of aryl methyl sites for hydroxylation is 2. The smallest absolute Gasteiger partial charge is 0.130 e. The van der Waals surface area contributed by atoms with Crippen LogP contribution in [0.1, 0.15) is 49.7 Å². The molecule has 0 bridgehead atoms. The predicted molar refractivity (Wildman–Crippen MR) is 91.5 cm³/mol. The summed E-state index contributed by atoms with van der Waals surface area (Å²) in [7, 11) is 0. The molecule has 1 unspecified atom stereocenters. The highest BCUT2D eigenvalue weighted by molar-refractivity contribution is 9.10. The van der Waals surface area contributed by atoms with Crippen LogP contribution in [0.4, 0.5) is 0 Å². The Morgan fingerprint density at radius 2 is 2.10 bits per heavy atom. The van der Waals surface area contributed by atoms with E-state index in [0.717, 1.165) is 36.2 Å². The molecule has 0 amide bonds. The van der Waals surface area contributed by atoms with E-state index < -0.39 is 0 Å². The van der Waals surface area contributed by atoms with Crippen molar-refractivity contribution < 1.29 is 0 Å². The maximum atomic E-state index is 4.61. The molecule has 0 saturated heterocycles. The molecular weight excluding hydrogens is 326 g/mol. The van der Waals surface area contributed by atoms with Gasteiger partial charge in [0.25, 0.3) is 0 Å². The summed E-state index contributed by atoms with van der Waals surface area (Å²) in [5, 5.41) is 3.64. The van der Waals surface area contributed by atoms with Gasteiger partial charge in [0.1, 0.15) is 5.82 Å². The molecule has 1 aromatic carbocycles. The van der Waals surface area contributed by atoms with Gasteiger partial charge in [0.2, 0.25) is 0 Å². The van der Waals surface area contributed by atoms with Crippen molar-refractivity contribution in [2.24, 2.45) is 0 Å². The van der Waals surface area contributed by atoms with Gasteiger partial charge >= 0.3 is 0 Å². The van der Waals surface area contributed by atoms with Crippen LogP contribution in [0.2, 0.25) is 0 Å². The van der Waals surface area contributed by atoms with Gasteiger partial charge in [-0.15, -0.1) is 0 Å². The topological polar surface area (TPSA) is 29.9 Å². The van der Waals surface area contributed by atoms with Crippen molar-refractivity contribution in [3.63, 3.8) is 0 Å². The highest BCUT2D eigenvalue weighted by Gasteiger charge is 2.20. The van der Waals surface area contributed by atoms with Crippen LogP contribution in [0.25, 0.3) is 0 Å². The molecule has 0 spiro atoms. The number of imidazole rings is 1. The molecule has 1 N–H and O–H groups in total. The lowest BCUT2D eigenvalue weighted by Gasteiger charge is -2.21. The number of nitrogens with one attached hydrogen (secondary N) is 1. The quantitative estimate of drug-likeness (QED) is 0.799. The van der Waals surface area contributed by atoms with E-state index in [2.05, 4.69) is 76.0 Å². The number of hydrogen-bond donors (Lipinski definition) is 1. The van der Waals surface area contributed by atoms with E-state index >= 15 is 0 Å². The first-order valence-corrected chi connectivity index (χ1v) is 8.47. The second-order valence-electron chi connectivity index (χ2n) is 5.39. The van der Waals surface area contributed by atoms with Crippen LogP contribution >= 0.6 is 15.9 Å². The van der Waals surface area contributed by atoms with E-state index in [1.54, 1.807) is 0 Å². The van der Waals surface area contributed by atoms with Gasteiger partial charge in [-0.2, -0.15) is 0 Å². The number of nitrogens with zero attached hydrogens (tertiary/aromatic N) is 2. The van der Waals surface area contributed by atoms with Crippen LogP contribution in [0.3, 0.4) is 0 Å². The Bertz CT molecular complexity index is 577. The fourth-order valence-corrected chi connectivity index (χ4v) is 3.00. The van der Waals surface area contributed by atoms with Crippen LogP contribution in [0.5, 0.6) is 0 Å². The summed E-state index contributed by atoms with van der Waals surface area (Å²) in [5.41, 5.74) is 2.53. The van der Waals surface area contributed by atoms with E-state index in [9.17, 15) is 0 Å². The lowest BCUT2D eigenvalue weighted by Crippen LogP contribution is -2.26. The predicted octanol–water partition coefficient (Wildman–Crippen LogP) is 4.45. The van der Waals surface area contributed by atoms with Crippen LogP contribution in [0, 0.1) is 6.92 Å². The molecule has 0 radical (unpaired) electrons. The summed E-state index contributed by atoms with van der Waals surface area (Å²) >= 11 is 3.70. The Hall–Kier alpha value is -1.13. The molecule has 0 aliphatic heterocycles. The van der Waals surface area contributed by atoms with Crippen LogP contribution in [-0.2, 0) is 6.54 Å². The Balaban J connectivity index is 2.42. The third-order valence-corrected chi connectivity index (χ3v) is 4.25. The van der Waals surface area contributed by atoms with Gasteiger partial charge in [0.15, 0.2) is 0 Å². The number of halogens is 1. The molecule has 4 heteroatoms. The van der Waals surface area contributed by atoms with Gasteiger partial charge in [-0.3, -0.25) is 0 Å². The first-order chi connectivity index (χ1) is 10.2. The third-order valence-electron chi connectivity index (χ3n) is 3.53. The number of benzene rings is 1. The van der Waals surface area contributed by atoms with E-state index in [-0.39, 0.29) is 6.04 Å². The molecule has 3 nitrogen and oxygen atoms in total. The Labute approximate surface area is 135 Å². The minimum Gasteiger partial charge on any atom is -0.333 e. The fourth-order valence-electron chi connectivity index (χ4n) is 2.52. The molecule has 114 valence electrons. The zero-order chi connectivity index (χ0) is 15.2. The van der Waals surface area contributed by atoms with Crippen LogP contribution < -0.4 is 5.32 Å². The first kappa shape index (κ1) is 16.2. The maximum absolute atomic E-state index is 4.61. The van der Waals surface area contributed by atoms with Crippen molar-refractivity contribution in [3.8, 4) is 0 Å². The molecule has 2 rings (SSSR count). The van der Waals surface area contributed by atoms with E-state index in [0.29, 0.717) is 0 Å². The van der Waals surface area contributed by atoms with Crippen molar-refractivity contribution in [2.45, 2.75) is 46.2 Å². The molecule has 1 heterocycles. The second kappa shape index (κ2) is 7.76. The molecule has 1 atom stereocenters. The van der Waals surface area contributed by atoms with Crippen molar-refractivity contribution in [1.29, 1.82) is 0 Å². The van der Waals surface area contributed by atoms with E-state index in [1.165, 1.54) is 11.1 Å². The number of aromatic nitrogens is 2. The molecule has 0 aliphatic rings. The third kappa shape index (κ3) is 3.95. The van der Waals surface area contributed by atoms with Gasteiger partial charge in [0, 0.05) is 23.4 Å². The standard InChI is InChI=1S/C17H24BrN3/c1-4-8-19-16(14-12-13(3)6-7-15(14)18)17-20-9-11-21(17)10-5-2/h6-7,9,11-12,16,19H,4-5,8,10H2,1-3H3. The largest absolute Gasteiger partial charge is 0.333 e. The lowest BCUT2D eigenvalue weighted by molar-refractivity contribution is 0.528. The average molecular weight is 350 g/mol. The molecule has 2 aromatic rings. The van der Waals surface area contributed by atoms with Crippen molar-refractivity contribution in [2.75, 3.05) is 6.54 Å². The molecule has 1 aromatic heterocycles. The molecular formula is C17H24BrN3. The van der Waals surface area contributed by atoms with Gasteiger partial charge in [0.05, 0.1) is 6.04 Å². The zero-order valence-corrected chi connectivity index (χ0v) is 14.7. The first-order valence-electron chi connectivity index (χ1n) is 7.67. The Kier molecular flexibility index (Phi) is 6.00. The number of rotatable bonds is 7. The van der Waals surface area contributed by atoms with Gasteiger partial charge in [-0.05, 0) is 37.9 Å². The minimum atomic E-state index is 0.126. The van der Waals surface area contributed by atoms with Crippen LogP contribution in [-0.4, -0.2) is 16.1 Å². The molecule has 21 heavy (non-hydrogen) atoms. The van der Waals surface area contributed by atoms with Gasteiger partial charge in [-0.1, -0.05) is 47.5 Å². The zero-order valence-electron chi connectivity index (χ0n) is 13.1. The van der Waals surface area contributed by atoms with Crippen LogP contribution in [0.15, 0.2) is 35.1 Å². The maximum Gasteiger partial charge on any atom is 0.130 e. The fraction of sp³-hybridized carbons (Fsp3) is 0.471. The minimum absolute atomic E-state index is 0.126. The molecule has 0 aliphatic carbocycles. The monoisotopic (exact) mass is 349 g/mol. The van der Waals surface area contributed by atoms with Crippen molar-refractivity contribution in [1.82, 2.24) is 14.9 Å². The average Bonchev–Trinajstić information content (AvgIpc) is 2.92. The number of hydrogen-bond acceptors (Lipinski definition) is 2. The highest BCUT2D eigenvalue weighted by atomic mass is 79.9. The van der Waals surface area contributed by atoms with E-state index in [1.807, 2.05) is 6.20 Å². The molecule has 0 saturated carbocycles. The summed E-state index contributed by atoms with van der Waals surface area (Å²) in [6.45, 7) is 8.49. The normalized spacial score (nSPS) is 12.6. The molecule has 0 fully saturated rings. The summed E-state index contributed by atoms with van der Waals surface area (Å²) in [6.07, 6.45) is 6.19. The lowest BCUT2D eigenvalue weighted by atomic mass is 10.0. The summed E-state index contributed by atoms with van der Waals surface area (Å²) < 4.78 is 3.38. The van der Waals surface area contributed by atoms with Gasteiger partial charge < -0.3 is 9.88 Å².